The van der Waals surface area contributed by atoms with Crippen molar-refractivity contribution in [2.24, 2.45) is 11.8 Å². The van der Waals surface area contributed by atoms with Crippen molar-refractivity contribution < 1.29 is 31.5 Å². The van der Waals surface area contributed by atoms with Crippen LogP contribution in [-0.2, 0) is 4.79 Å². The maximum absolute atomic E-state index is 14.8. The minimum absolute atomic E-state index is 0.0932. The largest absolute Gasteiger partial charge is 0.391 e. The molecule has 0 bridgehead atoms. The fourth-order valence-electron chi connectivity index (χ4n) is 4.29. The molecule has 172 valence electrons. The molecule has 1 aliphatic heterocycles. The molecule has 0 radical (unpaired) electrons. The summed E-state index contributed by atoms with van der Waals surface area (Å²) in [6.07, 6.45) is -4.43. The quantitative estimate of drug-likeness (QED) is 0.506. The van der Waals surface area contributed by atoms with Crippen LogP contribution < -0.4 is 10.6 Å². The smallest absolute Gasteiger partial charge is 0.353 e. The summed E-state index contributed by atoms with van der Waals surface area (Å²) in [6.45, 7) is 2.00. The van der Waals surface area contributed by atoms with Crippen LogP contribution in [0.4, 0.5) is 26.7 Å². The van der Waals surface area contributed by atoms with E-state index in [-0.39, 0.29) is 50.2 Å². The topological polar surface area (TPSA) is 61.4 Å². The number of nitrogens with zero attached hydrogens (tertiary/aromatic N) is 1. The number of amides is 3. The van der Waals surface area contributed by atoms with Gasteiger partial charge in [0.1, 0.15) is 22.7 Å². The summed E-state index contributed by atoms with van der Waals surface area (Å²) >= 11 is 5.70. The molecule has 1 aromatic rings. The van der Waals surface area contributed by atoms with Gasteiger partial charge in [0, 0.05) is 18.7 Å². The number of nitrogens with one attached hydrogen (secondary N) is 2. The lowest BCUT2D eigenvalue weighted by Crippen LogP contribution is -2.58. The number of hydrogen-bond donors (Lipinski definition) is 2. The Morgan fingerprint density at radius 3 is 2.48 bits per heavy atom. The highest BCUT2D eigenvalue weighted by molar-refractivity contribution is 6.31. The molecule has 2 aliphatic rings. The average molecular weight is 468 g/mol. The van der Waals surface area contributed by atoms with Crippen LogP contribution in [0.2, 0.25) is 5.02 Å². The van der Waals surface area contributed by atoms with Gasteiger partial charge in [0.05, 0.1) is 12.0 Å². The molecular weight excluding hydrogens is 445 g/mol. The van der Waals surface area contributed by atoms with Crippen molar-refractivity contribution in [3.63, 3.8) is 0 Å². The monoisotopic (exact) mass is 467 g/mol. The highest BCUT2D eigenvalue weighted by Crippen LogP contribution is 2.44. The fraction of sp³-hybridized carbons (Fsp3) is 0.600. The van der Waals surface area contributed by atoms with Gasteiger partial charge in [-0.2, -0.15) is 13.2 Å². The Morgan fingerprint density at radius 2 is 1.87 bits per heavy atom. The lowest BCUT2D eigenvalue weighted by atomic mass is 9.76. The van der Waals surface area contributed by atoms with Gasteiger partial charge in [0.2, 0.25) is 5.91 Å². The fourth-order valence-corrected chi connectivity index (χ4v) is 4.46. The number of hydrogen-bond acceptors (Lipinski definition) is 2. The van der Waals surface area contributed by atoms with Crippen LogP contribution in [0.3, 0.4) is 0 Å². The number of alkyl halides is 3. The Balaban J connectivity index is 1.86. The van der Waals surface area contributed by atoms with Gasteiger partial charge >= 0.3 is 12.2 Å². The van der Waals surface area contributed by atoms with Crippen LogP contribution >= 0.6 is 11.6 Å². The van der Waals surface area contributed by atoms with Gasteiger partial charge in [-0.3, -0.25) is 4.79 Å². The number of carbonyl (C=O) groups is 2. The highest BCUT2D eigenvalue weighted by Gasteiger charge is 2.43. The molecule has 1 aliphatic carbocycles. The zero-order valence-corrected chi connectivity index (χ0v) is 17.5. The van der Waals surface area contributed by atoms with E-state index in [0.717, 1.165) is 12.1 Å². The molecule has 0 spiro atoms. The zero-order chi connectivity index (χ0) is 22.9. The number of rotatable bonds is 3. The van der Waals surface area contributed by atoms with Crippen molar-refractivity contribution >= 4 is 23.5 Å². The Labute approximate surface area is 181 Å². The van der Waals surface area contributed by atoms with Crippen molar-refractivity contribution in [3.05, 3.63) is 34.4 Å². The summed E-state index contributed by atoms with van der Waals surface area (Å²) in [5.74, 6) is -4.34. The first-order valence-corrected chi connectivity index (χ1v) is 10.4. The maximum Gasteiger partial charge on any atom is 0.391 e. The van der Waals surface area contributed by atoms with Gasteiger partial charge in [0.25, 0.3) is 0 Å². The molecule has 1 aromatic carbocycles. The van der Waals surface area contributed by atoms with E-state index in [1.165, 1.54) is 11.8 Å². The first-order valence-electron chi connectivity index (χ1n) is 10.1. The molecule has 1 saturated heterocycles. The lowest BCUT2D eigenvalue weighted by molar-refractivity contribution is -0.184. The first kappa shape index (κ1) is 23.6. The third-order valence-electron chi connectivity index (χ3n) is 6.14. The Hall–Kier alpha value is -2.10. The Bertz CT molecular complexity index is 843. The molecule has 1 saturated carbocycles. The van der Waals surface area contributed by atoms with Gasteiger partial charge in [-0.1, -0.05) is 17.7 Å². The lowest BCUT2D eigenvalue weighted by Gasteiger charge is -2.38. The number of benzene rings is 1. The van der Waals surface area contributed by atoms with Crippen LogP contribution in [0.25, 0.3) is 0 Å². The Kier molecular flexibility index (Phi) is 6.98. The van der Waals surface area contributed by atoms with E-state index >= 15 is 0 Å². The third-order valence-corrected chi connectivity index (χ3v) is 6.49. The van der Waals surface area contributed by atoms with Crippen LogP contribution in [-0.4, -0.2) is 42.1 Å². The molecule has 31 heavy (non-hydrogen) atoms. The van der Waals surface area contributed by atoms with E-state index in [2.05, 4.69) is 10.6 Å². The predicted octanol–water partition coefficient (Wildman–Crippen LogP) is 4.56. The minimum Gasteiger partial charge on any atom is -0.353 e. The summed E-state index contributed by atoms with van der Waals surface area (Å²) in [6, 6.07) is -0.332. The highest BCUT2D eigenvalue weighted by atomic mass is 35.5. The van der Waals surface area contributed by atoms with Gasteiger partial charge in [-0.15, -0.1) is 0 Å². The summed E-state index contributed by atoms with van der Waals surface area (Å²) in [5, 5.41) is 4.55. The summed E-state index contributed by atoms with van der Waals surface area (Å²) in [7, 11) is 0. The molecule has 3 rings (SSSR count). The number of halogens is 6. The van der Waals surface area contributed by atoms with Gasteiger partial charge < -0.3 is 15.5 Å². The molecule has 11 heteroatoms. The van der Waals surface area contributed by atoms with Crippen molar-refractivity contribution in [3.8, 4) is 0 Å². The normalized spacial score (nSPS) is 25.7. The van der Waals surface area contributed by atoms with E-state index in [1.54, 1.807) is 0 Å². The second kappa shape index (κ2) is 9.18. The minimum atomic E-state index is -4.31. The predicted molar refractivity (Wildman–Crippen MR) is 103 cm³/mol. The molecule has 3 amide bonds. The van der Waals surface area contributed by atoms with Crippen molar-refractivity contribution in [1.29, 1.82) is 0 Å². The number of carbonyl (C=O) groups excluding carboxylic acids is 2. The second-order valence-corrected chi connectivity index (χ2v) is 8.38. The molecule has 2 N–H and O–H groups in total. The van der Waals surface area contributed by atoms with E-state index in [9.17, 15) is 31.5 Å². The molecule has 1 heterocycles. The summed E-state index contributed by atoms with van der Waals surface area (Å²) in [5.41, 5.74) is -0.0932. The van der Waals surface area contributed by atoms with Gasteiger partial charge in [-0.25, -0.2) is 13.6 Å². The third kappa shape index (κ3) is 5.05. The van der Waals surface area contributed by atoms with Crippen LogP contribution in [0, 0.1) is 23.5 Å². The first-order chi connectivity index (χ1) is 14.5. The number of urea groups is 1. The van der Waals surface area contributed by atoms with Gasteiger partial charge in [-0.05, 0) is 44.6 Å². The van der Waals surface area contributed by atoms with Crippen molar-refractivity contribution in [2.45, 2.75) is 50.9 Å². The Morgan fingerprint density at radius 1 is 1.23 bits per heavy atom. The zero-order valence-electron chi connectivity index (χ0n) is 16.7. The number of piperazine rings is 1. The summed E-state index contributed by atoms with van der Waals surface area (Å²) < 4.78 is 67.6. The second-order valence-electron chi connectivity index (χ2n) is 8.01. The van der Waals surface area contributed by atoms with Crippen LogP contribution in [0.15, 0.2) is 12.1 Å². The molecule has 5 nitrogen and oxygen atoms in total. The molecule has 1 unspecified atom stereocenters. The van der Waals surface area contributed by atoms with E-state index in [1.807, 2.05) is 0 Å². The molecule has 2 atom stereocenters. The van der Waals surface area contributed by atoms with Crippen molar-refractivity contribution in [1.82, 2.24) is 15.5 Å². The maximum atomic E-state index is 14.8. The summed E-state index contributed by atoms with van der Waals surface area (Å²) in [4.78, 5) is 26.0. The van der Waals surface area contributed by atoms with Crippen LogP contribution in [0.1, 0.15) is 44.2 Å². The standard InChI is InChI=1S/C20H23ClF5N3O2/c1-10-18(30)27-8-9-29(10)19(31)28-17(13-6-7-14(22)15(21)16(13)23)11-2-4-12(5-3-11)20(24,25)26/h6-7,10-12,17H,2-5,8-9H2,1H3,(H,27,30)(H,28,31)/t10-,11-,12-,17?/m1/s1. The van der Waals surface area contributed by atoms with Gasteiger partial charge in [0.15, 0.2) is 0 Å². The average Bonchev–Trinajstić information content (AvgIpc) is 2.72. The van der Waals surface area contributed by atoms with Crippen molar-refractivity contribution in [2.75, 3.05) is 13.1 Å². The SMILES string of the molecule is C[C@@H]1C(=O)NCCN1C(=O)NC(c1ccc(F)c(Cl)c1F)[C@H]1CC[C@H](C(F)(F)F)CC1. The van der Waals surface area contributed by atoms with Crippen LogP contribution in [0.5, 0.6) is 0 Å². The van der Waals surface area contributed by atoms with E-state index < -0.39 is 52.8 Å². The molecule has 2 fully saturated rings. The molecular formula is C20H23ClF5N3O2. The van der Waals surface area contributed by atoms with E-state index in [4.69, 9.17) is 11.6 Å². The van der Waals surface area contributed by atoms with E-state index in [0.29, 0.717) is 0 Å². The molecule has 0 aromatic heterocycles.